The molecule has 6 atom stereocenters. The van der Waals surface area contributed by atoms with E-state index >= 15 is 0 Å². The van der Waals surface area contributed by atoms with E-state index in [2.05, 4.69) is 26.7 Å². The van der Waals surface area contributed by atoms with Gasteiger partial charge >= 0.3 is 0 Å². The van der Waals surface area contributed by atoms with E-state index in [1.54, 1.807) is 4.90 Å². The number of nitrogens with zero attached hydrogens (tertiary/aromatic N) is 7. The number of nitrogens with one attached hydrogen (secondary N) is 1. The molecule has 2 bridgehead atoms. The van der Waals surface area contributed by atoms with Gasteiger partial charge in [0.25, 0.3) is 0 Å². The number of carbonyl (C=O) groups is 2. The summed E-state index contributed by atoms with van der Waals surface area (Å²) in [6.07, 6.45) is 2.41. The van der Waals surface area contributed by atoms with E-state index < -0.39 is 6.04 Å². The highest BCUT2D eigenvalue weighted by atomic mass is 16.2. The van der Waals surface area contributed by atoms with Gasteiger partial charge in [-0.05, 0) is 42.5 Å². The number of carbonyl (C=O) groups excluding carboxylic acids is 2. The molecule has 4 fully saturated rings. The van der Waals surface area contributed by atoms with E-state index in [4.69, 9.17) is 5.73 Å². The van der Waals surface area contributed by atoms with Crippen molar-refractivity contribution in [3.63, 3.8) is 0 Å². The summed E-state index contributed by atoms with van der Waals surface area (Å²) in [4.78, 5) is 31.8. The summed E-state index contributed by atoms with van der Waals surface area (Å²) in [6, 6.07) is 8.52. The number of likely N-dealkylation sites (tertiary alicyclic amines) is 2. The molecule has 3 N–H and O–H groups in total. The molecule has 1 aromatic heterocycles. The summed E-state index contributed by atoms with van der Waals surface area (Å²) in [7, 11) is 0. The number of piperazine rings is 1. The molecule has 11 heteroatoms. The Hall–Kier alpha value is -3.36. The van der Waals surface area contributed by atoms with Crippen LogP contribution in [0.5, 0.6) is 0 Å². The van der Waals surface area contributed by atoms with Gasteiger partial charge in [-0.2, -0.15) is 10.5 Å². The maximum absolute atomic E-state index is 13.3. The van der Waals surface area contributed by atoms with Crippen LogP contribution in [0.4, 0.5) is 5.69 Å². The lowest BCUT2D eigenvalue weighted by Crippen LogP contribution is -2.57. The summed E-state index contributed by atoms with van der Waals surface area (Å²) in [5.74, 6) is 0.718. The second-order valence-corrected chi connectivity index (χ2v) is 9.12. The fraction of sp³-hybridized carbons (Fsp3) is 0.524. The van der Waals surface area contributed by atoms with Crippen LogP contribution in [-0.2, 0) is 9.59 Å². The third kappa shape index (κ3) is 2.83. The van der Waals surface area contributed by atoms with Gasteiger partial charge in [-0.3, -0.25) is 14.5 Å². The highest BCUT2D eigenvalue weighted by Crippen LogP contribution is 2.48. The fourth-order valence-electron chi connectivity index (χ4n) is 5.74. The monoisotopic (exact) mass is 433 g/mol. The molecule has 0 radical (unpaired) electrons. The summed E-state index contributed by atoms with van der Waals surface area (Å²) in [5, 5.41) is 23.6. The summed E-state index contributed by atoms with van der Waals surface area (Å²) in [5.41, 5.74) is 7.80. The van der Waals surface area contributed by atoms with E-state index in [-0.39, 0.29) is 36.0 Å². The number of aromatic amines is 1. The number of amides is 2. The van der Waals surface area contributed by atoms with Gasteiger partial charge in [0.2, 0.25) is 17.6 Å². The lowest BCUT2D eigenvalue weighted by atomic mass is 10.1. The molecule has 1 saturated carbocycles. The van der Waals surface area contributed by atoms with Crippen LogP contribution in [-0.4, -0.2) is 85.5 Å². The van der Waals surface area contributed by atoms with Crippen LogP contribution in [0, 0.1) is 17.2 Å². The molecular weight excluding hydrogens is 410 g/mol. The largest absolute Gasteiger partial charge is 0.322 e. The molecule has 3 saturated heterocycles. The van der Waals surface area contributed by atoms with Crippen molar-refractivity contribution in [2.24, 2.45) is 11.7 Å². The van der Waals surface area contributed by atoms with Crippen LogP contribution >= 0.6 is 0 Å². The Balaban J connectivity index is 1.17. The number of hydrogen-bond donors (Lipinski definition) is 2. The molecule has 2 amide bonds. The standard InChI is InChI=1S/C21H23N9O2/c22-8-12-5-11-6-17(11)29(12)20(31)15(23)10-28-9-13-7-18(28)21(32)30(13)16-4-2-1-3-14(16)19-24-26-27-25-19/h1-4,11-13,15,17-18H,5-7,9-10,23H2,(H,24,25,26,27)/t11-,12?,13?,15?,17+,18+/m1/s1. The molecule has 4 aliphatic rings. The van der Waals surface area contributed by atoms with Crippen molar-refractivity contribution in [2.75, 3.05) is 18.0 Å². The quantitative estimate of drug-likeness (QED) is 0.641. The Morgan fingerprint density at radius 3 is 2.91 bits per heavy atom. The molecule has 1 aliphatic carbocycles. The number of fused-ring (bicyclic) bond motifs is 3. The predicted octanol–water partition coefficient (Wildman–Crippen LogP) is -0.504. The molecule has 4 heterocycles. The van der Waals surface area contributed by atoms with Gasteiger partial charge in [-0.25, -0.2) is 0 Å². The summed E-state index contributed by atoms with van der Waals surface area (Å²) >= 11 is 0. The smallest absolute Gasteiger partial charge is 0.244 e. The van der Waals surface area contributed by atoms with E-state index in [9.17, 15) is 14.9 Å². The highest BCUT2D eigenvalue weighted by Gasteiger charge is 2.56. The van der Waals surface area contributed by atoms with Crippen LogP contribution in [0.15, 0.2) is 24.3 Å². The molecule has 0 spiro atoms. The molecule has 11 nitrogen and oxygen atoms in total. The van der Waals surface area contributed by atoms with Gasteiger partial charge in [0.15, 0.2) is 0 Å². The topological polar surface area (TPSA) is 148 Å². The molecule has 1 aromatic carbocycles. The third-order valence-electron chi connectivity index (χ3n) is 7.28. The van der Waals surface area contributed by atoms with Gasteiger partial charge < -0.3 is 15.5 Å². The van der Waals surface area contributed by atoms with E-state index in [1.807, 2.05) is 34.1 Å². The number of H-pyrrole nitrogens is 1. The number of rotatable bonds is 5. The normalized spacial score (nSPS) is 31.6. The maximum atomic E-state index is 13.3. The Kier molecular flexibility index (Phi) is 4.28. The minimum Gasteiger partial charge on any atom is -0.322 e. The molecule has 164 valence electrons. The first kappa shape index (κ1) is 19.3. The van der Waals surface area contributed by atoms with Crippen molar-refractivity contribution >= 4 is 17.5 Å². The van der Waals surface area contributed by atoms with Gasteiger partial charge in [0.1, 0.15) is 6.04 Å². The van der Waals surface area contributed by atoms with Gasteiger partial charge in [-0.1, -0.05) is 12.1 Å². The van der Waals surface area contributed by atoms with Crippen molar-refractivity contribution in [2.45, 2.75) is 49.5 Å². The molecule has 3 aliphatic heterocycles. The zero-order valence-corrected chi connectivity index (χ0v) is 17.3. The molecule has 3 unspecified atom stereocenters. The molecule has 6 rings (SSSR count). The van der Waals surface area contributed by atoms with E-state index in [0.29, 0.717) is 31.3 Å². The van der Waals surface area contributed by atoms with Crippen LogP contribution < -0.4 is 10.6 Å². The molecule has 2 aromatic rings. The zero-order chi connectivity index (χ0) is 22.0. The van der Waals surface area contributed by atoms with Crippen LogP contribution in [0.25, 0.3) is 11.4 Å². The highest BCUT2D eigenvalue weighted by molar-refractivity contribution is 6.04. The number of nitrogens with two attached hydrogens (primary N) is 1. The SMILES string of the molecule is N#CC1C[C@@H]2C[C@@H]2N1C(=O)C(N)CN1CC2C[C@H]1C(=O)N2c1ccccc1-c1nn[nH]n1. The van der Waals surface area contributed by atoms with Crippen molar-refractivity contribution in [1.82, 2.24) is 30.4 Å². The number of hydrogen-bond acceptors (Lipinski definition) is 8. The number of piperidine rings is 1. The first-order valence-electron chi connectivity index (χ1n) is 10.9. The van der Waals surface area contributed by atoms with Gasteiger partial charge in [-0.15, -0.1) is 10.2 Å². The lowest BCUT2D eigenvalue weighted by molar-refractivity contribution is -0.135. The van der Waals surface area contributed by atoms with Crippen LogP contribution in [0.3, 0.4) is 0 Å². The number of para-hydroxylation sites is 1. The van der Waals surface area contributed by atoms with E-state index in [1.165, 1.54) is 0 Å². The number of nitriles is 1. The second-order valence-electron chi connectivity index (χ2n) is 9.12. The Bertz CT molecular complexity index is 1110. The number of anilines is 1. The maximum Gasteiger partial charge on any atom is 0.244 e. The average Bonchev–Trinajstić information content (AvgIpc) is 3.25. The van der Waals surface area contributed by atoms with Crippen molar-refractivity contribution in [1.29, 1.82) is 5.26 Å². The number of tetrazole rings is 1. The van der Waals surface area contributed by atoms with Gasteiger partial charge in [0, 0.05) is 24.7 Å². The average molecular weight is 433 g/mol. The van der Waals surface area contributed by atoms with Gasteiger partial charge in [0.05, 0.1) is 29.9 Å². The van der Waals surface area contributed by atoms with Crippen molar-refractivity contribution in [3.05, 3.63) is 24.3 Å². The van der Waals surface area contributed by atoms with E-state index in [0.717, 1.165) is 24.1 Å². The van der Waals surface area contributed by atoms with Crippen LogP contribution in [0.1, 0.15) is 19.3 Å². The number of benzene rings is 1. The Labute approximate surface area is 184 Å². The second kappa shape index (κ2) is 7.08. The summed E-state index contributed by atoms with van der Waals surface area (Å²) in [6.45, 7) is 0.962. The van der Waals surface area contributed by atoms with Crippen molar-refractivity contribution < 1.29 is 9.59 Å². The van der Waals surface area contributed by atoms with Crippen LogP contribution in [0.2, 0.25) is 0 Å². The Morgan fingerprint density at radius 1 is 1.31 bits per heavy atom. The minimum atomic E-state index is -0.739. The predicted molar refractivity (Wildman–Crippen MR) is 112 cm³/mol. The lowest BCUT2D eigenvalue weighted by Gasteiger charge is -2.36. The summed E-state index contributed by atoms with van der Waals surface area (Å²) < 4.78 is 0. The van der Waals surface area contributed by atoms with Crippen molar-refractivity contribution in [3.8, 4) is 17.5 Å². The number of aromatic nitrogens is 4. The third-order valence-corrected chi connectivity index (χ3v) is 7.28. The molecular formula is C21H23N9O2. The first-order chi connectivity index (χ1) is 15.6. The fourth-order valence-corrected chi connectivity index (χ4v) is 5.74. The Morgan fingerprint density at radius 2 is 2.16 bits per heavy atom. The zero-order valence-electron chi connectivity index (χ0n) is 17.3. The first-order valence-corrected chi connectivity index (χ1v) is 10.9. The minimum absolute atomic E-state index is 0.00447. The molecule has 32 heavy (non-hydrogen) atoms.